The molecule has 0 bridgehead atoms. The van der Waals surface area contributed by atoms with E-state index in [1.54, 1.807) is 19.9 Å². The molecule has 2 heterocycles. The number of hydrogen-bond donors (Lipinski definition) is 5. The highest BCUT2D eigenvalue weighted by molar-refractivity contribution is 6.31. The topological polar surface area (TPSA) is 162 Å². The largest absolute Gasteiger partial charge is 0.507 e. The van der Waals surface area contributed by atoms with Crippen molar-refractivity contribution in [3.05, 3.63) is 63.8 Å². The lowest BCUT2D eigenvalue weighted by Gasteiger charge is -2.29. The summed E-state index contributed by atoms with van der Waals surface area (Å²) in [5.74, 6) is -1.82. The highest BCUT2D eigenvalue weighted by atomic mass is 16.5. The van der Waals surface area contributed by atoms with Crippen LogP contribution < -0.4 is 10.1 Å². The van der Waals surface area contributed by atoms with Crippen LogP contribution in [0.5, 0.6) is 17.2 Å². The molecule has 10 nitrogen and oxygen atoms in total. The van der Waals surface area contributed by atoms with Crippen molar-refractivity contribution >= 4 is 34.1 Å². The molecule has 3 aromatic rings. The molecule has 10 heteroatoms. The van der Waals surface area contributed by atoms with Crippen molar-refractivity contribution in [3.63, 3.8) is 0 Å². The van der Waals surface area contributed by atoms with E-state index in [9.17, 15) is 29.7 Å². The van der Waals surface area contributed by atoms with Crippen molar-refractivity contribution in [1.29, 1.82) is 0 Å². The number of carbonyl (C=O) groups excluding carboxylic acids is 3. The second-order valence-corrected chi connectivity index (χ2v) is 10.7. The fraction of sp³-hybridized carbons (Fsp3) is 0.333. The Morgan fingerprint density at radius 2 is 1.93 bits per heavy atom. The average molecular weight is 546 g/mol. The summed E-state index contributed by atoms with van der Waals surface area (Å²) in [6, 6.07) is 5.45. The Morgan fingerprint density at radius 1 is 1.20 bits per heavy atom. The van der Waals surface area contributed by atoms with Gasteiger partial charge in [0.15, 0.2) is 17.3 Å². The second kappa shape index (κ2) is 9.63. The first-order chi connectivity index (χ1) is 18.8. The minimum absolute atomic E-state index is 0.0150. The van der Waals surface area contributed by atoms with Crippen LogP contribution in [0.3, 0.4) is 0 Å². The number of nitrogens with one attached hydrogen (secondary N) is 2. The van der Waals surface area contributed by atoms with Gasteiger partial charge in [0.05, 0.1) is 28.3 Å². The summed E-state index contributed by atoms with van der Waals surface area (Å²) in [4.78, 5) is 47.4. The number of hydrogen-bond acceptors (Lipinski definition) is 9. The van der Waals surface area contributed by atoms with Gasteiger partial charge < -0.3 is 30.4 Å². The summed E-state index contributed by atoms with van der Waals surface area (Å²) in [6.07, 6.45) is 2.99. The van der Waals surface area contributed by atoms with Gasteiger partial charge in [-0.25, -0.2) is 4.98 Å². The lowest BCUT2D eigenvalue weighted by Crippen LogP contribution is -2.40. The van der Waals surface area contributed by atoms with Gasteiger partial charge >= 0.3 is 0 Å². The molecule has 2 aliphatic rings. The molecule has 1 unspecified atom stereocenters. The molecule has 0 amide bonds. The molecule has 0 spiro atoms. The number of benzene rings is 2. The van der Waals surface area contributed by atoms with Gasteiger partial charge in [0, 0.05) is 29.4 Å². The van der Waals surface area contributed by atoms with Crippen molar-refractivity contribution < 1.29 is 34.4 Å². The maximum atomic E-state index is 14.0. The van der Waals surface area contributed by atoms with Gasteiger partial charge in [-0.1, -0.05) is 0 Å². The molecule has 0 saturated carbocycles. The molecule has 0 radical (unpaired) electrons. The minimum Gasteiger partial charge on any atom is -0.507 e. The highest BCUT2D eigenvalue weighted by Crippen LogP contribution is 2.57. The predicted molar refractivity (Wildman–Crippen MR) is 148 cm³/mol. The molecule has 0 fully saturated rings. The van der Waals surface area contributed by atoms with E-state index >= 15 is 0 Å². The van der Waals surface area contributed by atoms with Crippen molar-refractivity contribution in [1.82, 2.24) is 9.97 Å². The average Bonchev–Trinajstić information content (AvgIpc) is 3.40. The maximum absolute atomic E-state index is 14.0. The third-order valence-corrected chi connectivity index (χ3v) is 7.66. The third-order valence-electron chi connectivity index (χ3n) is 7.66. The molecule has 1 aliphatic heterocycles. The van der Waals surface area contributed by atoms with E-state index in [2.05, 4.69) is 15.3 Å². The number of aromatic amines is 1. The SMILES string of the molecule is CC(=O)c1c(O)c(C)c(O)c2c1OC1=CC(=O)/C(=C(/C)Nc3ccc4nc(CCCC(C)O)[nH]c4c3)C(=O)[C@@]12C. The fourth-order valence-corrected chi connectivity index (χ4v) is 5.46. The van der Waals surface area contributed by atoms with Crippen LogP contribution in [0.1, 0.15) is 67.8 Å². The zero-order valence-corrected chi connectivity index (χ0v) is 22.9. The quantitative estimate of drug-likeness (QED) is 0.166. The number of nitrogens with zero attached hydrogens (tertiary/aromatic N) is 1. The Kier molecular flexibility index (Phi) is 6.54. The standard InChI is InChI=1S/C30H31N3O7/c1-13(34)7-6-8-22-32-18-10-9-17(11-19(18)33-22)31-15(3)23-20(36)12-21-30(5,29(23)39)25-27(38)14(2)26(37)24(16(4)35)28(25)40-21/h9-13,31,34,37-38H,6-8H2,1-5H3,(H,32,33)/b23-15+/t13?,30-/m0/s1. The number of imidazole rings is 1. The number of aliphatic hydroxyl groups excluding tert-OH is 1. The Labute approximate surface area is 230 Å². The van der Waals surface area contributed by atoms with Crippen molar-refractivity contribution in [2.75, 3.05) is 5.32 Å². The van der Waals surface area contributed by atoms with Gasteiger partial charge in [0.2, 0.25) is 0 Å². The lowest BCUT2D eigenvalue weighted by atomic mass is 9.70. The van der Waals surface area contributed by atoms with Crippen LogP contribution in [0.2, 0.25) is 0 Å². The fourth-order valence-electron chi connectivity index (χ4n) is 5.46. The van der Waals surface area contributed by atoms with Crippen molar-refractivity contribution in [3.8, 4) is 17.2 Å². The first-order valence-corrected chi connectivity index (χ1v) is 13.1. The van der Waals surface area contributed by atoms with E-state index in [0.29, 0.717) is 24.2 Å². The molecule has 2 aromatic carbocycles. The molecule has 5 N–H and O–H groups in total. The summed E-state index contributed by atoms with van der Waals surface area (Å²) >= 11 is 0. The van der Waals surface area contributed by atoms with E-state index in [-0.39, 0.29) is 45.6 Å². The number of aliphatic hydroxyl groups is 1. The maximum Gasteiger partial charge on any atom is 0.194 e. The molecule has 0 saturated heterocycles. The lowest BCUT2D eigenvalue weighted by molar-refractivity contribution is -0.123. The normalized spacial score (nSPS) is 20.1. The molecule has 208 valence electrons. The number of allylic oxidation sites excluding steroid dienone is 4. The summed E-state index contributed by atoms with van der Waals surface area (Å²) in [6.45, 7) is 7.58. The monoisotopic (exact) mass is 545 g/mol. The third kappa shape index (κ3) is 4.15. The van der Waals surface area contributed by atoms with Gasteiger partial charge in [-0.2, -0.15) is 0 Å². The molecule has 1 aliphatic carbocycles. The van der Waals surface area contributed by atoms with Crippen molar-refractivity contribution in [2.24, 2.45) is 0 Å². The number of H-pyrrole nitrogens is 1. The second-order valence-electron chi connectivity index (χ2n) is 10.7. The highest BCUT2D eigenvalue weighted by Gasteiger charge is 2.56. The summed E-state index contributed by atoms with van der Waals surface area (Å²) in [5, 5.41) is 34.1. The van der Waals surface area contributed by atoms with Crippen molar-refractivity contribution in [2.45, 2.75) is 65.4 Å². The van der Waals surface area contributed by atoms with Gasteiger partial charge in [-0.05, 0) is 65.7 Å². The molecule has 5 rings (SSSR count). The van der Waals surface area contributed by atoms with Crippen LogP contribution in [0.4, 0.5) is 5.69 Å². The zero-order valence-electron chi connectivity index (χ0n) is 22.9. The van der Waals surface area contributed by atoms with Crippen LogP contribution in [0.25, 0.3) is 11.0 Å². The molecule has 40 heavy (non-hydrogen) atoms. The van der Waals surface area contributed by atoms with E-state index in [1.807, 2.05) is 12.1 Å². The number of rotatable bonds is 7. The van der Waals surface area contributed by atoms with Crippen LogP contribution in [-0.4, -0.2) is 48.7 Å². The number of ketones is 3. The van der Waals surface area contributed by atoms with Crippen LogP contribution in [-0.2, 0) is 21.4 Å². The predicted octanol–water partition coefficient (Wildman–Crippen LogP) is 4.26. The number of anilines is 1. The number of aromatic nitrogens is 2. The van der Waals surface area contributed by atoms with E-state index in [4.69, 9.17) is 4.74 Å². The van der Waals surface area contributed by atoms with E-state index in [1.165, 1.54) is 26.8 Å². The Bertz CT molecular complexity index is 1680. The number of aromatic hydroxyl groups is 2. The number of aryl methyl sites for hydroxylation is 1. The molecule has 1 aromatic heterocycles. The van der Waals surface area contributed by atoms with Gasteiger partial charge in [0.1, 0.15) is 39.8 Å². The minimum atomic E-state index is -1.58. The Hall–Kier alpha value is -4.44. The first-order valence-electron chi connectivity index (χ1n) is 13.1. The summed E-state index contributed by atoms with van der Waals surface area (Å²) in [5.41, 5.74) is 0.718. The number of fused-ring (bicyclic) bond motifs is 4. The van der Waals surface area contributed by atoms with Crippen LogP contribution in [0, 0.1) is 6.92 Å². The molecular weight excluding hydrogens is 514 g/mol. The number of Topliss-reactive ketones (excluding diaryl/α,β-unsaturated/α-hetero) is 2. The van der Waals surface area contributed by atoms with Crippen LogP contribution in [0.15, 0.2) is 41.3 Å². The number of carbonyl (C=O) groups is 3. The molecule has 2 atom stereocenters. The first kappa shape index (κ1) is 27.1. The Morgan fingerprint density at radius 3 is 2.60 bits per heavy atom. The summed E-state index contributed by atoms with van der Waals surface area (Å²) in [7, 11) is 0. The van der Waals surface area contributed by atoms with Gasteiger partial charge in [0.25, 0.3) is 0 Å². The smallest absolute Gasteiger partial charge is 0.194 e. The zero-order chi connectivity index (χ0) is 29.1. The number of phenols is 2. The van der Waals surface area contributed by atoms with Gasteiger partial charge in [-0.3, -0.25) is 14.4 Å². The number of ether oxygens (including phenoxy) is 1. The van der Waals surface area contributed by atoms with E-state index in [0.717, 1.165) is 23.3 Å². The Balaban J connectivity index is 1.51. The number of phenolic OH excluding ortho intramolecular Hbond substituents is 2. The summed E-state index contributed by atoms with van der Waals surface area (Å²) < 4.78 is 5.81. The van der Waals surface area contributed by atoms with Gasteiger partial charge in [-0.15, -0.1) is 0 Å². The van der Waals surface area contributed by atoms with E-state index < -0.39 is 28.5 Å². The van der Waals surface area contributed by atoms with Crippen LogP contribution >= 0.6 is 0 Å². The molecular formula is C30H31N3O7.